The van der Waals surface area contributed by atoms with Gasteiger partial charge < -0.3 is 19.7 Å². The minimum Gasteiger partial charge on any atom is -0.467 e. The first kappa shape index (κ1) is 33.2. The van der Waals surface area contributed by atoms with Crippen molar-refractivity contribution in [2.24, 2.45) is 11.8 Å². The molecular weight excluding hydrogens is 590 g/mol. The van der Waals surface area contributed by atoms with Gasteiger partial charge in [0.1, 0.15) is 17.2 Å². The highest BCUT2D eigenvalue weighted by Crippen LogP contribution is 2.42. The van der Waals surface area contributed by atoms with Gasteiger partial charge in [0.15, 0.2) is 0 Å². The zero-order valence-corrected chi connectivity index (χ0v) is 29.0. The smallest absolute Gasteiger partial charge is 0.316 e. The van der Waals surface area contributed by atoms with Crippen LogP contribution in [0.4, 0.5) is 11.8 Å². The van der Waals surface area contributed by atoms with Gasteiger partial charge in [-0.2, -0.15) is 4.98 Å². The zero-order chi connectivity index (χ0) is 33.2. The Labute approximate surface area is 279 Å². The van der Waals surface area contributed by atoms with Crippen LogP contribution in [0.2, 0.25) is 0 Å². The molecule has 3 aromatic rings. The number of rotatable bonds is 11. The molecule has 2 aliphatic heterocycles. The lowest BCUT2D eigenvalue weighted by atomic mass is 9.74. The predicted molar refractivity (Wildman–Crippen MR) is 184 cm³/mol. The molecule has 3 aliphatic rings. The molecule has 1 atom stereocenters. The molecule has 10 nitrogen and oxygen atoms in total. The van der Waals surface area contributed by atoms with Crippen molar-refractivity contribution in [3.8, 4) is 17.1 Å². The number of Topliss-reactive ketones (excluding diaryl/α,β-unsaturated/α-hetero) is 1. The van der Waals surface area contributed by atoms with Crippen molar-refractivity contribution in [1.82, 2.24) is 24.9 Å². The van der Waals surface area contributed by atoms with E-state index >= 15 is 0 Å². The molecule has 0 bridgehead atoms. The number of carbonyl (C=O) groups excluding carboxylic acids is 1. The van der Waals surface area contributed by atoms with Gasteiger partial charge in [-0.3, -0.25) is 9.78 Å². The van der Waals surface area contributed by atoms with Crippen LogP contribution in [-0.2, 0) is 14.9 Å². The maximum absolute atomic E-state index is 13.8. The Balaban J connectivity index is 1.14. The molecule has 1 spiro atoms. The SMILES string of the molecule is COc1ncc(-c2ccc(C(C(=O)CCC(C)C)C3CCC(Nc4ncc(C(C)(C)C)c(N5CC6(CCCO6)C5)n4)CC3)nc2)cn1. The van der Waals surface area contributed by atoms with E-state index in [-0.39, 0.29) is 28.9 Å². The second-order valence-electron chi connectivity index (χ2n) is 15.2. The van der Waals surface area contributed by atoms with Gasteiger partial charge in [-0.05, 0) is 68.3 Å². The zero-order valence-electron chi connectivity index (χ0n) is 29.0. The molecule has 252 valence electrons. The van der Waals surface area contributed by atoms with Crippen molar-refractivity contribution in [2.75, 3.05) is 37.0 Å². The molecule has 0 aromatic carbocycles. The number of anilines is 2. The third-order valence-electron chi connectivity index (χ3n) is 10.2. The molecule has 2 saturated heterocycles. The molecule has 1 N–H and O–H groups in total. The lowest BCUT2D eigenvalue weighted by Crippen LogP contribution is -2.62. The summed E-state index contributed by atoms with van der Waals surface area (Å²) in [5.41, 5.74) is 3.75. The van der Waals surface area contributed by atoms with Gasteiger partial charge in [0, 0.05) is 60.5 Å². The molecule has 5 heterocycles. The van der Waals surface area contributed by atoms with E-state index in [1.54, 1.807) is 19.5 Å². The highest BCUT2D eigenvalue weighted by atomic mass is 16.5. The van der Waals surface area contributed by atoms with Crippen LogP contribution < -0.4 is 15.0 Å². The Kier molecular flexibility index (Phi) is 9.78. The number of nitrogens with zero attached hydrogens (tertiary/aromatic N) is 6. The average molecular weight is 642 g/mol. The fourth-order valence-corrected chi connectivity index (χ4v) is 7.38. The number of aromatic nitrogens is 5. The van der Waals surface area contributed by atoms with Crippen LogP contribution in [0.1, 0.15) is 103 Å². The highest BCUT2D eigenvalue weighted by Gasteiger charge is 2.48. The quantitative estimate of drug-likeness (QED) is 0.241. The molecule has 1 unspecified atom stereocenters. The summed E-state index contributed by atoms with van der Waals surface area (Å²) in [6.07, 6.45) is 14.9. The van der Waals surface area contributed by atoms with Crippen LogP contribution in [0, 0.1) is 11.8 Å². The number of ketones is 1. The molecule has 0 amide bonds. The third-order valence-corrected chi connectivity index (χ3v) is 10.2. The molecule has 6 rings (SSSR count). The first-order chi connectivity index (χ1) is 22.5. The van der Waals surface area contributed by atoms with Crippen molar-refractivity contribution in [3.05, 3.63) is 48.2 Å². The van der Waals surface area contributed by atoms with Crippen molar-refractivity contribution in [2.45, 2.75) is 109 Å². The van der Waals surface area contributed by atoms with Gasteiger partial charge in [-0.15, -0.1) is 0 Å². The summed E-state index contributed by atoms with van der Waals surface area (Å²) < 4.78 is 11.2. The number of hydrogen-bond donors (Lipinski definition) is 1. The Morgan fingerprint density at radius 2 is 1.74 bits per heavy atom. The van der Waals surface area contributed by atoms with Crippen molar-refractivity contribution < 1.29 is 14.3 Å². The Morgan fingerprint density at radius 3 is 2.34 bits per heavy atom. The van der Waals surface area contributed by atoms with E-state index in [9.17, 15) is 4.79 Å². The van der Waals surface area contributed by atoms with Gasteiger partial charge in [0.2, 0.25) is 5.95 Å². The van der Waals surface area contributed by atoms with Crippen LogP contribution in [0.15, 0.2) is 36.9 Å². The summed E-state index contributed by atoms with van der Waals surface area (Å²) in [7, 11) is 1.55. The molecule has 3 fully saturated rings. The fourth-order valence-electron chi connectivity index (χ4n) is 7.38. The van der Waals surface area contributed by atoms with Crippen LogP contribution in [0.25, 0.3) is 11.1 Å². The minimum absolute atomic E-state index is 0.00843. The third kappa shape index (κ3) is 7.58. The lowest BCUT2D eigenvalue weighted by Gasteiger charge is -2.49. The predicted octanol–water partition coefficient (Wildman–Crippen LogP) is 6.76. The maximum atomic E-state index is 13.8. The van der Waals surface area contributed by atoms with Crippen molar-refractivity contribution in [1.29, 1.82) is 0 Å². The number of nitrogens with one attached hydrogen (secondary N) is 1. The van der Waals surface area contributed by atoms with Crippen molar-refractivity contribution >= 4 is 17.5 Å². The standard InChI is InChI=1S/C37H51N7O3/c1-24(2)8-15-31(45)32(30-14-11-26(18-38-30)27-19-40-35(46-6)41-20-27)25-9-12-28(13-10-25)42-34-39-21-29(36(3,4)5)33(43-34)44-22-37(23-44)16-7-17-47-37/h11,14,18-21,24-25,28,32H,7-10,12-13,15-17,22-23H2,1-6H3,(H,39,42,43). The first-order valence-electron chi connectivity index (χ1n) is 17.4. The molecule has 0 radical (unpaired) electrons. The summed E-state index contributed by atoms with van der Waals surface area (Å²) in [5.74, 6) is 2.53. The number of carbonyl (C=O) groups is 1. The number of hydrogen-bond acceptors (Lipinski definition) is 10. The molecule has 10 heteroatoms. The highest BCUT2D eigenvalue weighted by molar-refractivity contribution is 5.85. The minimum atomic E-state index is -0.207. The summed E-state index contributed by atoms with van der Waals surface area (Å²) in [6, 6.07) is 4.64. The van der Waals surface area contributed by atoms with E-state index in [0.717, 1.165) is 87.3 Å². The second kappa shape index (κ2) is 13.8. The van der Waals surface area contributed by atoms with Crippen LogP contribution in [0.5, 0.6) is 6.01 Å². The maximum Gasteiger partial charge on any atom is 0.316 e. The molecule has 1 saturated carbocycles. The lowest BCUT2D eigenvalue weighted by molar-refractivity contribution is -0.122. The molecule has 3 aromatic heterocycles. The number of ether oxygens (including phenoxy) is 2. The van der Waals surface area contributed by atoms with Gasteiger partial charge in [-0.25, -0.2) is 15.0 Å². The van der Waals surface area contributed by atoms with E-state index in [0.29, 0.717) is 30.1 Å². The Hall–Kier alpha value is -3.66. The summed E-state index contributed by atoms with van der Waals surface area (Å²) in [4.78, 5) is 39.3. The van der Waals surface area contributed by atoms with Crippen LogP contribution in [0.3, 0.4) is 0 Å². The summed E-state index contributed by atoms with van der Waals surface area (Å²) in [6.45, 7) is 13.7. The Morgan fingerprint density at radius 1 is 1.02 bits per heavy atom. The van der Waals surface area contributed by atoms with Gasteiger partial charge in [0.05, 0.1) is 31.8 Å². The van der Waals surface area contributed by atoms with Gasteiger partial charge >= 0.3 is 6.01 Å². The number of pyridine rings is 1. The van der Waals surface area contributed by atoms with Crippen LogP contribution >= 0.6 is 0 Å². The topological polar surface area (TPSA) is 115 Å². The monoisotopic (exact) mass is 641 g/mol. The van der Waals surface area contributed by atoms with Gasteiger partial charge in [-0.1, -0.05) is 40.7 Å². The average Bonchev–Trinajstić information content (AvgIpc) is 3.55. The van der Waals surface area contributed by atoms with E-state index in [1.165, 1.54) is 5.56 Å². The molecule has 47 heavy (non-hydrogen) atoms. The van der Waals surface area contributed by atoms with E-state index in [4.69, 9.17) is 24.4 Å². The first-order valence-corrected chi connectivity index (χ1v) is 17.4. The van der Waals surface area contributed by atoms with Gasteiger partial charge in [0.25, 0.3) is 0 Å². The van der Waals surface area contributed by atoms with E-state index < -0.39 is 0 Å². The molecule has 1 aliphatic carbocycles. The number of methoxy groups -OCH3 is 1. The molecular formula is C37H51N7O3. The largest absolute Gasteiger partial charge is 0.467 e. The fraction of sp³-hybridized carbons (Fsp3) is 0.622. The Bertz CT molecular complexity index is 1500. The summed E-state index contributed by atoms with van der Waals surface area (Å²) in [5, 5.41) is 3.66. The normalized spacial score (nSPS) is 21.5. The van der Waals surface area contributed by atoms with Crippen molar-refractivity contribution in [3.63, 3.8) is 0 Å². The second-order valence-corrected chi connectivity index (χ2v) is 15.2. The van der Waals surface area contributed by atoms with E-state index in [2.05, 4.69) is 54.8 Å². The summed E-state index contributed by atoms with van der Waals surface area (Å²) >= 11 is 0. The van der Waals surface area contributed by atoms with Crippen LogP contribution in [-0.4, -0.2) is 69.2 Å². The van der Waals surface area contributed by atoms with E-state index in [1.807, 2.05) is 24.5 Å².